The lowest BCUT2D eigenvalue weighted by atomic mass is 9.61. The average Bonchev–Trinajstić information content (AvgIpc) is 1.86. The molecular formula is C10H21N. The molecule has 0 aromatic carbocycles. The molecule has 0 saturated heterocycles. The van der Waals surface area contributed by atoms with Crippen LogP contribution >= 0.6 is 0 Å². The van der Waals surface area contributed by atoms with E-state index >= 15 is 0 Å². The van der Waals surface area contributed by atoms with E-state index in [0.717, 1.165) is 0 Å². The molecule has 1 rings (SSSR count). The van der Waals surface area contributed by atoms with Gasteiger partial charge in [0.2, 0.25) is 0 Å². The molecule has 1 aliphatic carbocycles. The zero-order valence-corrected chi connectivity index (χ0v) is 7.90. The number of rotatable bonds is 4. The fourth-order valence-electron chi connectivity index (χ4n) is 2.65. The minimum absolute atomic E-state index is 0.521. The van der Waals surface area contributed by atoms with Crippen molar-refractivity contribution in [3.8, 4) is 0 Å². The maximum absolute atomic E-state index is 5.81. The molecule has 2 N–H and O–H groups in total. The minimum atomic E-state index is 0.521. The molecule has 1 fully saturated rings. The molecule has 0 spiro atoms. The van der Waals surface area contributed by atoms with Gasteiger partial charge < -0.3 is 5.73 Å². The molecule has 0 aliphatic heterocycles. The molecule has 1 nitrogen and oxygen atoms in total. The first kappa shape index (κ1) is 9.05. The molecule has 0 atom stereocenters. The van der Waals surface area contributed by atoms with Crippen molar-refractivity contribution in [2.75, 3.05) is 0 Å². The highest BCUT2D eigenvalue weighted by Crippen LogP contribution is 2.47. The van der Waals surface area contributed by atoms with E-state index in [-0.39, 0.29) is 0 Å². The molecule has 1 saturated carbocycles. The lowest BCUT2D eigenvalue weighted by molar-refractivity contribution is 0.0785. The topological polar surface area (TPSA) is 26.0 Å². The Morgan fingerprint density at radius 1 is 1.18 bits per heavy atom. The number of nitrogens with two attached hydrogens (primary N) is 1. The van der Waals surface area contributed by atoms with Crippen molar-refractivity contribution in [2.24, 2.45) is 11.1 Å². The van der Waals surface area contributed by atoms with Crippen LogP contribution in [0, 0.1) is 5.41 Å². The van der Waals surface area contributed by atoms with Crippen molar-refractivity contribution < 1.29 is 0 Å². The van der Waals surface area contributed by atoms with Gasteiger partial charge in [0.05, 0.1) is 0 Å². The summed E-state index contributed by atoms with van der Waals surface area (Å²) in [5, 5.41) is 0. The van der Waals surface area contributed by atoms with Crippen molar-refractivity contribution in [3.63, 3.8) is 0 Å². The van der Waals surface area contributed by atoms with Crippen LogP contribution in [0.4, 0.5) is 0 Å². The summed E-state index contributed by atoms with van der Waals surface area (Å²) < 4.78 is 0. The van der Waals surface area contributed by atoms with E-state index in [4.69, 9.17) is 5.73 Å². The van der Waals surface area contributed by atoms with E-state index in [9.17, 15) is 0 Å². The van der Waals surface area contributed by atoms with Crippen molar-refractivity contribution >= 4 is 0 Å². The van der Waals surface area contributed by atoms with Gasteiger partial charge in [0.15, 0.2) is 0 Å². The normalized spacial score (nSPS) is 23.2. The SMILES string of the molecule is CCCC1(CCC)CC(N)C1. The van der Waals surface area contributed by atoms with Crippen LogP contribution < -0.4 is 5.73 Å². The van der Waals surface area contributed by atoms with Gasteiger partial charge in [0, 0.05) is 6.04 Å². The van der Waals surface area contributed by atoms with Gasteiger partial charge in [-0.25, -0.2) is 0 Å². The Morgan fingerprint density at radius 2 is 1.64 bits per heavy atom. The summed E-state index contributed by atoms with van der Waals surface area (Å²) in [6, 6.07) is 0.521. The highest BCUT2D eigenvalue weighted by atomic mass is 14.7. The summed E-state index contributed by atoms with van der Waals surface area (Å²) in [5.74, 6) is 0. The molecule has 0 unspecified atom stereocenters. The van der Waals surface area contributed by atoms with Gasteiger partial charge in [-0.1, -0.05) is 26.7 Å². The van der Waals surface area contributed by atoms with Gasteiger partial charge in [-0.2, -0.15) is 0 Å². The molecular weight excluding hydrogens is 134 g/mol. The van der Waals surface area contributed by atoms with E-state index in [0.29, 0.717) is 11.5 Å². The third-order valence-corrected chi connectivity index (χ3v) is 2.95. The van der Waals surface area contributed by atoms with Gasteiger partial charge in [-0.3, -0.25) is 0 Å². The predicted octanol–water partition coefficient (Wildman–Crippen LogP) is 2.69. The monoisotopic (exact) mass is 155 g/mol. The Balaban J connectivity index is 2.33. The summed E-state index contributed by atoms with van der Waals surface area (Å²) in [7, 11) is 0. The van der Waals surface area contributed by atoms with E-state index in [1.165, 1.54) is 38.5 Å². The molecule has 0 aromatic rings. The molecule has 1 heteroatoms. The van der Waals surface area contributed by atoms with E-state index in [1.807, 2.05) is 0 Å². The Hall–Kier alpha value is -0.0400. The fraction of sp³-hybridized carbons (Fsp3) is 1.00. The molecule has 0 aromatic heterocycles. The second-order valence-corrected chi connectivity index (χ2v) is 4.17. The largest absolute Gasteiger partial charge is 0.328 e. The molecule has 0 bridgehead atoms. The summed E-state index contributed by atoms with van der Waals surface area (Å²) >= 11 is 0. The van der Waals surface area contributed by atoms with Crippen molar-refractivity contribution in [1.82, 2.24) is 0 Å². The second-order valence-electron chi connectivity index (χ2n) is 4.17. The van der Waals surface area contributed by atoms with Crippen LogP contribution in [0.15, 0.2) is 0 Å². The van der Waals surface area contributed by atoms with Crippen LogP contribution in [-0.4, -0.2) is 6.04 Å². The Kier molecular flexibility index (Phi) is 2.94. The summed E-state index contributed by atoms with van der Waals surface area (Å²) in [6.07, 6.45) is 8.02. The molecule has 11 heavy (non-hydrogen) atoms. The summed E-state index contributed by atoms with van der Waals surface area (Å²) in [4.78, 5) is 0. The lowest BCUT2D eigenvalue weighted by Crippen LogP contribution is -2.45. The van der Waals surface area contributed by atoms with Crippen LogP contribution in [0.2, 0.25) is 0 Å². The quantitative estimate of drug-likeness (QED) is 0.663. The minimum Gasteiger partial charge on any atom is -0.328 e. The molecule has 0 amide bonds. The Bertz CT molecular complexity index is 98.5. The first-order chi connectivity index (χ1) is 5.22. The molecule has 66 valence electrons. The van der Waals surface area contributed by atoms with Crippen molar-refractivity contribution in [2.45, 2.75) is 58.4 Å². The highest BCUT2D eigenvalue weighted by molar-refractivity contribution is 4.95. The Labute approximate surface area is 70.4 Å². The number of hydrogen-bond donors (Lipinski definition) is 1. The van der Waals surface area contributed by atoms with Crippen molar-refractivity contribution in [3.05, 3.63) is 0 Å². The van der Waals surface area contributed by atoms with Gasteiger partial charge >= 0.3 is 0 Å². The third-order valence-electron chi connectivity index (χ3n) is 2.95. The summed E-state index contributed by atoms with van der Waals surface area (Å²) in [6.45, 7) is 4.56. The second kappa shape index (κ2) is 3.57. The third kappa shape index (κ3) is 1.96. The van der Waals surface area contributed by atoms with Gasteiger partial charge in [-0.15, -0.1) is 0 Å². The maximum atomic E-state index is 5.81. The van der Waals surface area contributed by atoms with Gasteiger partial charge in [0.1, 0.15) is 0 Å². The van der Waals surface area contributed by atoms with Crippen LogP contribution in [0.5, 0.6) is 0 Å². The smallest absolute Gasteiger partial charge is 0.00494 e. The standard InChI is InChI=1S/C10H21N/c1-3-5-10(6-4-2)7-9(11)8-10/h9H,3-8,11H2,1-2H3. The van der Waals surface area contributed by atoms with Crippen molar-refractivity contribution in [1.29, 1.82) is 0 Å². The van der Waals surface area contributed by atoms with Crippen LogP contribution in [0.3, 0.4) is 0 Å². The zero-order valence-electron chi connectivity index (χ0n) is 7.90. The van der Waals surface area contributed by atoms with Crippen LogP contribution in [-0.2, 0) is 0 Å². The zero-order chi connectivity index (χ0) is 8.32. The van der Waals surface area contributed by atoms with E-state index in [2.05, 4.69) is 13.8 Å². The lowest BCUT2D eigenvalue weighted by Gasteiger charge is -2.46. The van der Waals surface area contributed by atoms with E-state index < -0.39 is 0 Å². The predicted molar refractivity (Wildman–Crippen MR) is 49.5 cm³/mol. The van der Waals surface area contributed by atoms with E-state index in [1.54, 1.807) is 0 Å². The fourth-order valence-corrected chi connectivity index (χ4v) is 2.65. The molecule has 0 radical (unpaired) electrons. The Morgan fingerprint density at radius 3 is 1.91 bits per heavy atom. The first-order valence-electron chi connectivity index (χ1n) is 4.98. The van der Waals surface area contributed by atoms with Gasteiger partial charge in [0.25, 0.3) is 0 Å². The van der Waals surface area contributed by atoms with Gasteiger partial charge in [-0.05, 0) is 31.1 Å². The first-order valence-corrected chi connectivity index (χ1v) is 4.98. The van der Waals surface area contributed by atoms with Crippen LogP contribution in [0.25, 0.3) is 0 Å². The highest BCUT2D eigenvalue weighted by Gasteiger charge is 2.40. The number of hydrogen-bond acceptors (Lipinski definition) is 1. The average molecular weight is 155 g/mol. The molecule has 1 aliphatic rings. The molecule has 0 heterocycles. The summed E-state index contributed by atoms with van der Waals surface area (Å²) in [5.41, 5.74) is 6.48. The maximum Gasteiger partial charge on any atom is 0.00494 e. The van der Waals surface area contributed by atoms with Crippen LogP contribution in [0.1, 0.15) is 52.4 Å².